The summed E-state index contributed by atoms with van der Waals surface area (Å²) in [6, 6.07) is 4.84. The SMILES string of the molecule is CC1CCCCN1OC(=O)Nc1ccnc(N2CCN(C3CCCC3)CC2)c1. The molecule has 1 N–H and O–H groups in total. The Kier molecular flexibility index (Phi) is 6.32. The number of piperidine rings is 1. The predicted molar refractivity (Wildman–Crippen MR) is 110 cm³/mol. The minimum Gasteiger partial charge on any atom is -0.354 e. The van der Waals surface area contributed by atoms with E-state index in [2.05, 4.69) is 27.0 Å². The lowest BCUT2D eigenvalue weighted by atomic mass is 10.1. The van der Waals surface area contributed by atoms with Crippen LogP contribution in [-0.2, 0) is 4.84 Å². The number of piperazine rings is 1. The van der Waals surface area contributed by atoms with E-state index in [1.54, 1.807) is 11.3 Å². The number of rotatable bonds is 4. The van der Waals surface area contributed by atoms with Crippen LogP contribution in [0, 0.1) is 0 Å². The van der Waals surface area contributed by atoms with Gasteiger partial charge >= 0.3 is 6.09 Å². The average Bonchev–Trinajstić information content (AvgIpc) is 3.25. The van der Waals surface area contributed by atoms with Gasteiger partial charge in [-0.3, -0.25) is 10.2 Å². The number of hydrogen-bond donors (Lipinski definition) is 1. The minimum atomic E-state index is -0.419. The van der Waals surface area contributed by atoms with Crippen molar-refractivity contribution in [1.82, 2.24) is 14.9 Å². The Labute approximate surface area is 168 Å². The third-order valence-electron chi connectivity index (χ3n) is 6.41. The lowest BCUT2D eigenvalue weighted by molar-refractivity contribution is -0.135. The molecule has 3 heterocycles. The summed E-state index contributed by atoms with van der Waals surface area (Å²) in [5, 5.41) is 4.66. The first kappa shape index (κ1) is 19.5. The Hall–Kier alpha value is -1.86. The van der Waals surface area contributed by atoms with E-state index in [1.807, 2.05) is 12.1 Å². The van der Waals surface area contributed by atoms with Gasteiger partial charge in [0.1, 0.15) is 5.82 Å². The highest BCUT2D eigenvalue weighted by molar-refractivity contribution is 5.84. The molecule has 1 aliphatic carbocycles. The van der Waals surface area contributed by atoms with Crippen LogP contribution < -0.4 is 10.2 Å². The zero-order valence-electron chi connectivity index (χ0n) is 17.0. The molecule has 1 aromatic rings. The number of nitrogens with zero attached hydrogens (tertiary/aromatic N) is 4. The van der Waals surface area contributed by atoms with Crippen molar-refractivity contribution in [1.29, 1.82) is 0 Å². The summed E-state index contributed by atoms with van der Waals surface area (Å²) in [6.07, 6.45) is 10.2. The lowest BCUT2D eigenvalue weighted by Crippen LogP contribution is -2.50. The van der Waals surface area contributed by atoms with Gasteiger partial charge < -0.3 is 9.74 Å². The van der Waals surface area contributed by atoms with Crippen LogP contribution in [0.2, 0.25) is 0 Å². The van der Waals surface area contributed by atoms with Crippen LogP contribution in [0.4, 0.5) is 16.3 Å². The number of amides is 1. The summed E-state index contributed by atoms with van der Waals surface area (Å²) in [4.78, 5) is 27.3. The number of carbonyl (C=O) groups is 1. The van der Waals surface area contributed by atoms with Gasteiger partial charge in [0.2, 0.25) is 0 Å². The largest absolute Gasteiger partial charge is 0.430 e. The minimum absolute atomic E-state index is 0.281. The molecule has 4 rings (SSSR count). The van der Waals surface area contributed by atoms with Crippen molar-refractivity contribution >= 4 is 17.6 Å². The van der Waals surface area contributed by atoms with E-state index < -0.39 is 6.09 Å². The maximum Gasteiger partial charge on any atom is 0.430 e. The predicted octanol–water partition coefficient (Wildman–Crippen LogP) is 3.48. The number of aromatic nitrogens is 1. The van der Waals surface area contributed by atoms with Crippen molar-refractivity contribution in [3.05, 3.63) is 18.3 Å². The van der Waals surface area contributed by atoms with Crippen molar-refractivity contribution in [2.45, 2.75) is 64.0 Å². The third-order valence-corrected chi connectivity index (χ3v) is 6.41. The molecule has 0 aromatic carbocycles. The van der Waals surface area contributed by atoms with E-state index in [9.17, 15) is 4.79 Å². The molecule has 1 aromatic heterocycles. The topological polar surface area (TPSA) is 60.9 Å². The summed E-state index contributed by atoms with van der Waals surface area (Å²) >= 11 is 0. The summed E-state index contributed by atoms with van der Waals surface area (Å²) < 4.78 is 0. The van der Waals surface area contributed by atoms with Crippen molar-refractivity contribution in [2.75, 3.05) is 42.9 Å². The van der Waals surface area contributed by atoms with E-state index >= 15 is 0 Å². The summed E-state index contributed by atoms with van der Waals surface area (Å²) in [5.41, 5.74) is 0.734. The van der Waals surface area contributed by atoms with Crippen molar-refractivity contribution < 1.29 is 9.63 Å². The normalized spacial score (nSPS) is 25.0. The maximum atomic E-state index is 12.3. The molecular weight excluding hydrogens is 354 g/mol. The zero-order chi connectivity index (χ0) is 19.3. The van der Waals surface area contributed by atoms with Crippen LogP contribution in [0.5, 0.6) is 0 Å². The first-order chi connectivity index (χ1) is 13.7. The molecule has 0 spiro atoms. The fourth-order valence-corrected chi connectivity index (χ4v) is 4.71. The van der Waals surface area contributed by atoms with Gasteiger partial charge in [-0.1, -0.05) is 19.3 Å². The van der Waals surface area contributed by atoms with Crippen LogP contribution in [-0.4, -0.2) is 65.8 Å². The van der Waals surface area contributed by atoms with E-state index in [-0.39, 0.29) is 6.04 Å². The molecule has 7 nitrogen and oxygen atoms in total. The van der Waals surface area contributed by atoms with Gasteiger partial charge in [0.15, 0.2) is 0 Å². The zero-order valence-corrected chi connectivity index (χ0v) is 17.0. The summed E-state index contributed by atoms with van der Waals surface area (Å²) in [6.45, 7) is 7.08. The summed E-state index contributed by atoms with van der Waals surface area (Å²) in [5.74, 6) is 0.926. The van der Waals surface area contributed by atoms with E-state index in [1.165, 1.54) is 32.1 Å². The Balaban J connectivity index is 1.30. The lowest BCUT2D eigenvalue weighted by Gasteiger charge is -2.38. The molecule has 1 atom stereocenters. The number of nitrogens with one attached hydrogen (secondary N) is 1. The van der Waals surface area contributed by atoms with Gasteiger partial charge in [0.05, 0.1) is 0 Å². The van der Waals surface area contributed by atoms with Gasteiger partial charge in [-0.25, -0.2) is 9.78 Å². The molecule has 28 heavy (non-hydrogen) atoms. The molecule has 2 saturated heterocycles. The second kappa shape index (κ2) is 9.09. The van der Waals surface area contributed by atoms with Gasteiger partial charge in [-0.15, -0.1) is 5.06 Å². The number of pyridine rings is 1. The molecule has 3 aliphatic rings. The average molecular weight is 388 g/mol. The van der Waals surface area contributed by atoms with Gasteiger partial charge in [-0.2, -0.15) is 0 Å². The third kappa shape index (κ3) is 4.75. The Morgan fingerprint density at radius 3 is 2.57 bits per heavy atom. The first-order valence-electron chi connectivity index (χ1n) is 10.9. The van der Waals surface area contributed by atoms with Crippen molar-refractivity contribution in [2.24, 2.45) is 0 Å². The van der Waals surface area contributed by atoms with Gasteiger partial charge in [-0.05, 0) is 38.7 Å². The molecule has 0 radical (unpaired) electrons. The molecule has 2 aliphatic heterocycles. The quantitative estimate of drug-likeness (QED) is 0.853. The maximum absolute atomic E-state index is 12.3. The van der Waals surface area contributed by atoms with E-state index in [0.717, 1.165) is 63.1 Å². The monoisotopic (exact) mass is 387 g/mol. The Morgan fingerprint density at radius 1 is 1.07 bits per heavy atom. The van der Waals surface area contributed by atoms with Crippen LogP contribution in [0.25, 0.3) is 0 Å². The molecule has 7 heteroatoms. The second-order valence-electron chi connectivity index (χ2n) is 8.35. The molecule has 154 valence electrons. The molecule has 3 fully saturated rings. The van der Waals surface area contributed by atoms with Crippen LogP contribution >= 0.6 is 0 Å². The van der Waals surface area contributed by atoms with Crippen molar-refractivity contribution in [3.8, 4) is 0 Å². The highest BCUT2D eigenvalue weighted by Gasteiger charge is 2.27. The van der Waals surface area contributed by atoms with E-state index in [4.69, 9.17) is 4.84 Å². The summed E-state index contributed by atoms with van der Waals surface area (Å²) in [7, 11) is 0. The van der Waals surface area contributed by atoms with Crippen LogP contribution in [0.3, 0.4) is 0 Å². The van der Waals surface area contributed by atoms with Gasteiger partial charge in [0, 0.05) is 62.8 Å². The van der Waals surface area contributed by atoms with Crippen LogP contribution in [0.1, 0.15) is 51.9 Å². The fourth-order valence-electron chi connectivity index (χ4n) is 4.71. The smallest absolute Gasteiger partial charge is 0.354 e. The highest BCUT2D eigenvalue weighted by atomic mass is 16.7. The highest BCUT2D eigenvalue weighted by Crippen LogP contribution is 2.26. The second-order valence-corrected chi connectivity index (χ2v) is 8.35. The number of anilines is 2. The molecule has 1 saturated carbocycles. The molecule has 1 amide bonds. The standard InChI is InChI=1S/C21H33N5O2/c1-17-6-4-5-11-26(17)28-21(27)23-18-9-10-22-20(16-18)25-14-12-24(13-15-25)19-7-2-3-8-19/h9-10,16-17,19H,2-8,11-15H2,1H3,(H,22,23,27). The molecule has 1 unspecified atom stereocenters. The number of hydroxylamine groups is 2. The van der Waals surface area contributed by atoms with Crippen molar-refractivity contribution in [3.63, 3.8) is 0 Å². The number of carbonyl (C=O) groups excluding carboxylic acids is 1. The fraction of sp³-hybridized carbons (Fsp3) is 0.714. The first-order valence-corrected chi connectivity index (χ1v) is 10.9. The molecular formula is C21H33N5O2. The number of hydrogen-bond acceptors (Lipinski definition) is 6. The van der Waals surface area contributed by atoms with Gasteiger partial charge in [0.25, 0.3) is 0 Å². The molecule has 0 bridgehead atoms. The van der Waals surface area contributed by atoms with Crippen LogP contribution in [0.15, 0.2) is 18.3 Å². The van der Waals surface area contributed by atoms with E-state index in [0.29, 0.717) is 0 Å². The Morgan fingerprint density at radius 2 is 1.82 bits per heavy atom. The Bertz CT molecular complexity index is 656.